The number of carboxylic acids is 3. The average molecular weight is 1520 g/mol. The van der Waals surface area contributed by atoms with E-state index in [9.17, 15) is 55.0 Å². The quantitative estimate of drug-likeness (QED) is 0.0388. The Labute approximate surface area is 626 Å². The molecule has 0 atom stereocenters. The third-order valence-corrected chi connectivity index (χ3v) is 25.6. The van der Waals surface area contributed by atoms with Gasteiger partial charge in [-0.3, -0.25) is 0 Å². The van der Waals surface area contributed by atoms with Gasteiger partial charge in [-0.1, -0.05) is 195 Å². The van der Waals surface area contributed by atoms with Crippen LogP contribution >= 0.6 is 46.9 Å². The van der Waals surface area contributed by atoms with Crippen molar-refractivity contribution in [2.45, 2.75) is 104 Å². The Hall–Kier alpha value is -9.18. The number of hydrogen-bond donors (Lipinski definition) is 3. The molecule has 0 saturated heterocycles. The Morgan fingerprint density at radius 2 is 0.673 bits per heavy atom. The monoisotopic (exact) mass is 1520 g/mol. The molecule has 0 heterocycles. The standard InChI is InChI=1S/C28H23ClO4S2.C28H24O5S2.C28H30O4S2/c29-24-11-6-21(7-12-24)22-9-14-26(15-10-22)35(32,33)19-23-8-13-25(18-27(23)28(30)31)34-17-16-20-4-2-1-3-5-20;29-28(30)27-19-25(34-18-17-21-7-3-1-4-8-21)14-11-22(27)20-35(31,32)26-15-12-24(13-16-26)33-23-9-5-2-6-10-23;29-28(30)27-19-25(33-18-17-21-7-3-1-4-8-21)14-11-24(27)20-34(31,32)26-15-12-23(13-16-26)22-9-5-2-6-10-22/h1-15,18H,16-17,19H2,(H,30,31);1-16,19H,17-18,20H2,(H,29,30);1,3-4,7-8,11-16,19,22H,2,5-6,9-10,17-18,20H2,(H,29,30). The lowest BCUT2D eigenvalue weighted by Gasteiger charge is -2.22. The third-order valence-electron chi connectivity index (χ3n) is 17.3. The second kappa shape index (κ2) is 37.5. The molecule has 0 spiro atoms. The maximum Gasteiger partial charge on any atom is 0.336 e. The van der Waals surface area contributed by atoms with E-state index in [4.69, 9.17) is 16.3 Å². The van der Waals surface area contributed by atoms with Crippen LogP contribution in [-0.4, -0.2) is 75.7 Å². The van der Waals surface area contributed by atoms with Crippen LogP contribution in [0.15, 0.2) is 302 Å². The molecule has 1 aliphatic carbocycles. The second-order valence-corrected chi connectivity index (χ2v) is 34.6. The molecule has 13 nitrogen and oxygen atoms in total. The number of aryl methyl sites for hydroxylation is 3. The number of halogens is 1. The van der Waals surface area contributed by atoms with E-state index in [0.717, 1.165) is 75.2 Å². The molecule has 0 aliphatic heterocycles. The largest absolute Gasteiger partial charge is 0.478 e. The number of para-hydroxylation sites is 1. The summed E-state index contributed by atoms with van der Waals surface area (Å²) in [6.45, 7) is 0. The van der Waals surface area contributed by atoms with E-state index in [2.05, 4.69) is 36.4 Å². The minimum absolute atomic E-state index is 0.00215. The Kier molecular flexibility index (Phi) is 27.9. The van der Waals surface area contributed by atoms with Crippen molar-refractivity contribution in [3.8, 4) is 22.6 Å². The highest BCUT2D eigenvalue weighted by atomic mass is 35.5. The molecule has 0 radical (unpaired) electrons. The first-order valence-electron chi connectivity index (χ1n) is 33.7. The van der Waals surface area contributed by atoms with E-state index in [1.807, 2.05) is 115 Å². The van der Waals surface area contributed by atoms with Gasteiger partial charge in [0.15, 0.2) is 29.5 Å². The lowest BCUT2D eigenvalue weighted by atomic mass is 9.84. The Balaban J connectivity index is 0.000000167. The van der Waals surface area contributed by atoms with Crippen LogP contribution in [0.2, 0.25) is 5.02 Å². The van der Waals surface area contributed by atoms with Crippen LogP contribution < -0.4 is 4.74 Å². The molecular formula is C84H77ClO13S6. The highest BCUT2D eigenvalue weighted by Crippen LogP contribution is 2.35. The summed E-state index contributed by atoms with van der Waals surface area (Å²) in [4.78, 5) is 38.6. The minimum atomic E-state index is -3.75. The molecule has 1 saturated carbocycles. The van der Waals surface area contributed by atoms with Gasteiger partial charge in [0, 0.05) is 37.0 Å². The molecule has 20 heteroatoms. The zero-order chi connectivity index (χ0) is 73.5. The molecular weight excluding hydrogens is 1440 g/mol. The predicted octanol–water partition coefficient (Wildman–Crippen LogP) is 20.2. The summed E-state index contributed by atoms with van der Waals surface area (Å²) in [6, 6.07) is 81.5. The van der Waals surface area contributed by atoms with Crippen molar-refractivity contribution in [3.05, 3.63) is 334 Å². The van der Waals surface area contributed by atoms with Gasteiger partial charge < -0.3 is 20.1 Å². The Bertz CT molecular complexity index is 5030. The van der Waals surface area contributed by atoms with Crippen LogP contribution in [0.25, 0.3) is 11.1 Å². The summed E-state index contributed by atoms with van der Waals surface area (Å²) in [5.74, 6) is -0.439. The fourth-order valence-corrected chi connectivity index (χ4v) is 18.9. The maximum absolute atomic E-state index is 13.1. The molecule has 0 aromatic heterocycles. The topological polar surface area (TPSA) is 224 Å². The fourth-order valence-electron chi connectivity index (χ4n) is 11.8. The second-order valence-electron chi connectivity index (χ2n) is 24.7. The van der Waals surface area contributed by atoms with E-state index in [0.29, 0.717) is 28.0 Å². The SMILES string of the molecule is O=C(O)c1cc(SCCc2ccccc2)ccc1CS(=O)(=O)c1ccc(-c2ccc(Cl)cc2)cc1.O=C(O)c1cc(SCCc2ccccc2)ccc1CS(=O)(=O)c1ccc(C2CCCCC2)cc1.O=C(O)c1cc(SCCc2ccccc2)ccc1CS(=O)(=O)c1ccc(Oc2ccccc2)cc1. The van der Waals surface area contributed by atoms with Crippen LogP contribution in [0, 0.1) is 0 Å². The highest BCUT2D eigenvalue weighted by Gasteiger charge is 2.25. The minimum Gasteiger partial charge on any atom is -0.478 e. The molecule has 0 bridgehead atoms. The van der Waals surface area contributed by atoms with Gasteiger partial charge in [0.2, 0.25) is 0 Å². The van der Waals surface area contributed by atoms with Gasteiger partial charge in [-0.05, 0) is 197 Å². The summed E-state index contributed by atoms with van der Waals surface area (Å²) < 4.78 is 84.0. The number of carboxylic acid groups (broad SMARTS) is 3. The predicted molar refractivity (Wildman–Crippen MR) is 418 cm³/mol. The number of sulfone groups is 3. The highest BCUT2D eigenvalue weighted by molar-refractivity contribution is 7.99. The summed E-state index contributed by atoms with van der Waals surface area (Å²) >= 11 is 10.6. The van der Waals surface area contributed by atoms with Crippen LogP contribution in [0.3, 0.4) is 0 Å². The zero-order valence-electron chi connectivity index (χ0n) is 56.7. The van der Waals surface area contributed by atoms with E-state index < -0.39 is 53.2 Å². The molecule has 0 amide bonds. The lowest BCUT2D eigenvalue weighted by Crippen LogP contribution is -2.10. The molecule has 1 aliphatic rings. The first-order valence-corrected chi connectivity index (χ1v) is 42.0. The van der Waals surface area contributed by atoms with Crippen molar-refractivity contribution in [2.24, 2.45) is 0 Å². The maximum atomic E-state index is 13.1. The Morgan fingerprint density at radius 3 is 1.02 bits per heavy atom. The molecule has 12 rings (SSSR count). The van der Waals surface area contributed by atoms with Crippen molar-refractivity contribution in [3.63, 3.8) is 0 Å². The summed E-state index contributed by atoms with van der Waals surface area (Å²) in [7, 11) is -11.1. The number of ether oxygens (including phenoxy) is 1. The van der Waals surface area contributed by atoms with E-state index in [1.54, 1.807) is 144 Å². The molecule has 3 N–H and O–H groups in total. The van der Waals surface area contributed by atoms with Crippen molar-refractivity contribution >= 4 is 94.3 Å². The first kappa shape index (κ1) is 77.4. The van der Waals surface area contributed by atoms with Crippen LogP contribution in [0.1, 0.15) is 108 Å². The van der Waals surface area contributed by atoms with Crippen molar-refractivity contribution in [2.75, 3.05) is 17.3 Å². The molecule has 534 valence electrons. The van der Waals surface area contributed by atoms with Gasteiger partial charge in [0.25, 0.3) is 0 Å². The van der Waals surface area contributed by atoms with E-state index in [1.165, 1.54) is 53.6 Å². The number of carbonyl (C=O) groups is 3. The van der Waals surface area contributed by atoms with Gasteiger partial charge in [-0.2, -0.15) is 0 Å². The van der Waals surface area contributed by atoms with Gasteiger partial charge in [0.05, 0.1) is 48.6 Å². The number of thioether (sulfide) groups is 3. The summed E-state index contributed by atoms with van der Waals surface area (Å²) in [5, 5.41) is 29.8. The number of hydrogen-bond acceptors (Lipinski definition) is 13. The molecule has 1 fully saturated rings. The number of aromatic carboxylic acids is 3. The fraction of sp³-hybridized carbons (Fsp3) is 0.179. The Morgan fingerprint density at radius 1 is 0.365 bits per heavy atom. The van der Waals surface area contributed by atoms with Crippen LogP contribution in [-0.2, 0) is 66.0 Å². The first-order chi connectivity index (χ1) is 50.1. The number of benzene rings is 11. The summed E-state index contributed by atoms with van der Waals surface area (Å²) in [5.41, 5.74) is 7.54. The molecule has 11 aromatic carbocycles. The normalized spacial score (nSPS) is 12.4. The van der Waals surface area contributed by atoms with Gasteiger partial charge >= 0.3 is 17.9 Å². The lowest BCUT2D eigenvalue weighted by molar-refractivity contribution is 0.0684. The van der Waals surface area contributed by atoms with Crippen molar-refractivity contribution < 1.29 is 59.7 Å². The number of rotatable bonds is 28. The molecule has 104 heavy (non-hydrogen) atoms. The third kappa shape index (κ3) is 22.9. The zero-order valence-corrected chi connectivity index (χ0v) is 62.4. The van der Waals surface area contributed by atoms with E-state index in [-0.39, 0.29) is 54.0 Å². The molecule has 11 aromatic rings. The van der Waals surface area contributed by atoms with E-state index >= 15 is 0 Å². The van der Waals surface area contributed by atoms with Crippen LogP contribution in [0.4, 0.5) is 0 Å². The van der Waals surface area contributed by atoms with Gasteiger partial charge in [0.1, 0.15) is 11.5 Å². The van der Waals surface area contributed by atoms with Crippen molar-refractivity contribution in [1.82, 2.24) is 0 Å². The van der Waals surface area contributed by atoms with Gasteiger partial charge in [-0.25, -0.2) is 39.6 Å². The smallest absolute Gasteiger partial charge is 0.336 e. The average Bonchev–Trinajstić information content (AvgIpc) is 0.812. The van der Waals surface area contributed by atoms with Crippen LogP contribution in [0.5, 0.6) is 11.5 Å². The van der Waals surface area contributed by atoms with Crippen molar-refractivity contribution in [1.29, 1.82) is 0 Å². The van der Waals surface area contributed by atoms with Gasteiger partial charge in [-0.15, -0.1) is 35.3 Å². The molecule has 0 unspecified atom stereocenters. The summed E-state index contributed by atoms with van der Waals surface area (Å²) in [6.07, 6.45) is 8.63.